The molecule has 1 aromatic heterocycles. The molecule has 4 rings (SSSR count). The first kappa shape index (κ1) is 22.6. The van der Waals surface area contributed by atoms with E-state index in [1.807, 2.05) is 30.3 Å². The SMILES string of the molecule is O=C(NC(Cc1ccccc1)C(=O)Nc1nnc(-c2ccc(F)cc2)s1)c1ccccc1Cl. The van der Waals surface area contributed by atoms with E-state index in [9.17, 15) is 14.0 Å². The highest BCUT2D eigenvalue weighted by Gasteiger charge is 2.24. The largest absolute Gasteiger partial charge is 0.340 e. The van der Waals surface area contributed by atoms with Crippen LogP contribution >= 0.6 is 22.9 Å². The van der Waals surface area contributed by atoms with Gasteiger partial charge in [0.05, 0.1) is 10.6 Å². The van der Waals surface area contributed by atoms with Crippen molar-refractivity contribution in [2.24, 2.45) is 0 Å². The number of hydrogen-bond donors (Lipinski definition) is 2. The molecule has 166 valence electrons. The first-order valence-corrected chi connectivity index (χ1v) is 11.2. The second kappa shape index (κ2) is 10.3. The van der Waals surface area contributed by atoms with Gasteiger partial charge < -0.3 is 5.32 Å². The fraction of sp³-hybridized carbons (Fsp3) is 0.0833. The van der Waals surface area contributed by atoms with Crippen molar-refractivity contribution >= 4 is 39.9 Å². The average molecular weight is 481 g/mol. The van der Waals surface area contributed by atoms with Crippen LogP contribution in [0.5, 0.6) is 0 Å². The summed E-state index contributed by atoms with van der Waals surface area (Å²) in [7, 11) is 0. The van der Waals surface area contributed by atoms with Gasteiger partial charge in [-0.2, -0.15) is 0 Å². The minimum absolute atomic E-state index is 0.268. The van der Waals surface area contributed by atoms with Crippen molar-refractivity contribution in [1.29, 1.82) is 0 Å². The Kier molecular flexibility index (Phi) is 7.07. The van der Waals surface area contributed by atoms with Crippen molar-refractivity contribution in [2.75, 3.05) is 5.32 Å². The van der Waals surface area contributed by atoms with Crippen LogP contribution in [0.2, 0.25) is 5.02 Å². The zero-order chi connectivity index (χ0) is 23.2. The minimum Gasteiger partial charge on any atom is -0.340 e. The number of halogens is 2. The van der Waals surface area contributed by atoms with Crippen LogP contribution in [0.3, 0.4) is 0 Å². The lowest BCUT2D eigenvalue weighted by Crippen LogP contribution is -2.45. The quantitative estimate of drug-likeness (QED) is 0.391. The number of amides is 2. The van der Waals surface area contributed by atoms with Crippen LogP contribution in [0, 0.1) is 5.82 Å². The molecule has 1 atom stereocenters. The molecule has 0 saturated heterocycles. The topological polar surface area (TPSA) is 84.0 Å². The fourth-order valence-corrected chi connectivity index (χ4v) is 4.09. The lowest BCUT2D eigenvalue weighted by Gasteiger charge is -2.18. The molecule has 1 heterocycles. The number of hydrogen-bond acceptors (Lipinski definition) is 5. The van der Waals surface area contributed by atoms with E-state index in [0.717, 1.165) is 16.9 Å². The van der Waals surface area contributed by atoms with E-state index in [2.05, 4.69) is 20.8 Å². The Bertz CT molecular complexity index is 1260. The van der Waals surface area contributed by atoms with Gasteiger partial charge in [0.15, 0.2) is 0 Å². The average Bonchev–Trinajstić information content (AvgIpc) is 3.28. The highest BCUT2D eigenvalue weighted by atomic mass is 35.5. The van der Waals surface area contributed by atoms with Crippen molar-refractivity contribution in [1.82, 2.24) is 15.5 Å². The highest BCUT2D eigenvalue weighted by Crippen LogP contribution is 2.26. The van der Waals surface area contributed by atoms with E-state index >= 15 is 0 Å². The Morgan fingerprint density at radius 2 is 1.64 bits per heavy atom. The number of benzene rings is 3. The lowest BCUT2D eigenvalue weighted by atomic mass is 10.0. The molecule has 6 nitrogen and oxygen atoms in total. The van der Waals surface area contributed by atoms with Crippen molar-refractivity contribution in [2.45, 2.75) is 12.5 Å². The van der Waals surface area contributed by atoms with Gasteiger partial charge in [-0.15, -0.1) is 10.2 Å². The molecular formula is C24H18ClFN4O2S. The summed E-state index contributed by atoms with van der Waals surface area (Å²) in [6, 6.07) is 20.9. The molecule has 3 aromatic carbocycles. The van der Waals surface area contributed by atoms with E-state index in [0.29, 0.717) is 15.6 Å². The summed E-state index contributed by atoms with van der Waals surface area (Å²) in [5.41, 5.74) is 1.84. The number of carbonyl (C=O) groups is 2. The number of carbonyl (C=O) groups excluding carboxylic acids is 2. The fourth-order valence-electron chi connectivity index (χ4n) is 3.12. The highest BCUT2D eigenvalue weighted by molar-refractivity contribution is 7.18. The monoisotopic (exact) mass is 480 g/mol. The maximum absolute atomic E-state index is 13.2. The first-order chi connectivity index (χ1) is 16.0. The van der Waals surface area contributed by atoms with Crippen LogP contribution < -0.4 is 10.6 Å². The normalized spacial score (nSPS) is 11.6. The molecule has 0 saturated carbocycles. The van der Waals surface area contributed by atoms with Crippen LogP contribution in [-0.4, -0.2) is 28.1 Å². The summed E-state index contributed by atoms with van der Waals surface area (Å²) in [5, 5.41) is 14.6. The molecule has 0 radical (unpaired) electrons. The Morgan fingerprint density at radius 1 is 0.939 bits per heavy atom. The number of anilines is 1. The molecule has 9 heteroatoms. The molecule has 2 amide bonds. The zero-order valence-electron chi connectivity index (χ0n) is 17.2. The molecule has 1 unspecified atom stereocenters. The molecule has 0 spiro atoms. The van der Waals surface area contributed by atoms with Crippen LogP contribution in [0.25, 0.3) is 10.6 Å². The molecule has 0 aliphatic rings. The third-order valence-corrected chi connectivity index (χ3v) is 5.99. The van der Waals surface area contributed by atoms with Crippen LogP contribution in [0.4, 0.5) is 9.52 Å². The van der Waals surface area contributed by atoms with Crippen molar-refractivity contribution in [3.8, 4) is 10.6 Å². The summed E-state index contributed by atoms with van der Waals surface area (Å²) in [4.78, 5) is 25.9. The standard InChI is InChI=1S/C24H18ClFN4O2S/c25-19-9-5-4-8-18(19)21(31)27-20(14-15-6-2-1-3-7-15)22(32)28-24-30-29-23(33-24)16-10-12-17(26)13-11-16/h1-13,20H,14H2,(H,27,31)(H,28,30,32). The first-order valence-electron chi connectivity index (χ1n) is 9.99. The Balaban J connectivity index is 1.52. The maximum atomic E-state index is 13.2. The number of nitrogens with zero attached hydrogens (tertiary/aromatic N) is 2. The summed E-state index contributed by atoms with van der Waals surface area (Å²) >= 11 is 7.29. The Morgan fingerprint density at radius 3 is 2.36 bits per heavy atom. The van der Waals surface area contributed by atoms with Crippen LogP contribution in [0.15, 0.2) is 78.9 Å². The van der Waals surface area contributed by atoms with E-state index in [-0.39, 0.29) is 22.9 Å². The molecule has 0 aliphatic heterocycles. The Labute approximate surface area is 198 Å². The molecule has 33 heavy (non-hydrogen) atoms. The van der Waals surface area contributed by atoms with Gasteiger partial charge in [-0.25, -0.2) is 4.39 Å². The van der Waals surface area contributed by atoms with Gasteiger partial charge in [-0.05, 0) is 42.0 Å². The van der Waals surface area contributed by atoms with Gasteiger partial charge in [-0.1, -0.05) is 65.4 Å². The van der Waals surface area contributed by atoms with Crippen LogP contribution in [-0.2, 0) is 11.2 Å². The van der Waals surface area contributed by atoms with Gasteiger partial charge in [0, 0.05) is 12.0 Å². The molecule has 0 aliphatic carbocycles. The van der Waals surface area contributed by atoms with Gasteiger partial charge in [-0.3, -0.25) is 14.9 Å². The van der Waals surface area contributed by atoms with E-state index in [4.69, 9.17) is 11.6 Å². The van der Waals surface area contributed by atoms with Crippen molar-refractivity contribution < 1.29 is 14.0 Å². The summed E-state index contributed by atoms with van der Waals surface area (Å²) < 4.78 is 13.2. The van der Waals surface area contributed by atoms with E-state index in [1.165, 1.54) is 12.1 Å². The number of aromatic nitrogens is 2. The molecule has 2 N–H and O–H groups in total. The number of rotatable bonds is 7. The minimum atomic E-state index is -0.880. The third kappa shape index (κ3) is 5.79. The summed E-state index contributed by atoms with van der Waals surface area (Å²) in [6.45, 7) is 0. The number of nitrogens with one attached hydrogen (secondary N) is 2. The molecule has 0 bridgehead atoms. The van der Waals surface area contributed by atoms with Crippen molar-refractivity contribution in [3.05, 3.63) is 101 Å². The van der Waals surface area contributed by atoms with Crippen LogP contribution in [0.1, 0.15) is 15.9 Å². The van der Waals surface area contributed by atoms with Gasteiger partial charge in [0.1, 0.15) is 16.9 Å². The molecular weight excluding hydrogens is 463 g/mol. The van der Waals surface area contributed by atoms with Gasteiger partial charge in [0.2, 0.25) is 11.0 Å². The summed E-state index contributed by atoms with van der Waals surface area (Å²) in [5.74, 6) is -1.25. The maximum Gasteiger partial charge on any atom is 0.253 e. The third-order valence-electron chi connectivity index (χ3n) is 4.77. The van der Waals surface area contributed by atoms with Gasteiger partial charge in [0.25, 0.3) is 5.91 Å². The van der Waals surface area contributed by atoms with Crippen molar-refractivity contribution in [3.63, 3.8) is 0 Å². The second-order valence-corrected chi connectivity index (χ2v) is 8.49. The summed E-state index contributed by atoms with van der Waals surface area (Å²) in [6.07, 6.45) is 0.270. The smallest absolute Gasteiger partial charge is 0.253 e. The predicted octanol–water partition coefficient (Wildman–Crippen LogP) is 4.98. The van der Waals surface area contributed by atoms with E-state index in [1.54, 1.807) is 36.4 Å². The van der Waals surface area contributed by atoms with E-state index < -0.39 is 17.9 Å². The zero-order valence-corrected chi connectivity index (χ0v) is 18.7. The Hall–Kier alpha value is -3.62. The lowest BCUT2D eigenvalue weighted by molar-refractivity contribution is -0.118. The predicted molar refractivity (Wildman–Crippen MR) is 127 cm³/mol. The van der Waals surface area contributed by atoms with Gasteiger partial charge >= 0.3 is 0 Å². The second-order valence-electron chi connectivity index (χ2n) is 7.10. The molecule has 4 aromatic rings. The molecule has 0 fully saturated rings.